The summed E-state index contributed by atoms with van der Waals surface area (Å²) >= 11 is 1.23. The highest BCUT2D eigenvalue weighted by Gasteiger charge is 2.19. The first-order chi connectivity index (χ1) is 15.9. The van der Waals surface area contributed by atoms with Crippen molar-refractivity contribution < 1.29 is 23.8 Å². The van der Waals surface area contributed by atoms with Gasteiger partial charge in [-0.05, 0) is 42.3 Å². The van der Waals surface area contributed by atoms with E-state index in [2.05, 4.69) is 5.32 Å². The van der Waals surface area contributed by atoms with Crippen molar-refractivity contribution in [3.63, 3.8) is 0 Å². The van der Waals surface area contributed by atoms with Gasteiger partial charge < -0.3 is 19.5 Å². The molecule has 0 fully saturated rings. The summed E-state index contributed by atoms with van der Waals surface area (Å²) < 4.78 is 16.0. The summed E-state index contributed by atoms with van der Waals surface area (Å²) in [4.78, 5) is 25.5. The van der Waals surface area contributed by atoms with E-state index in [0.29, 0.717) is 28.7 Å². The third-order valence-electron chi connectivity index (χ3n) is 4.59. The molecule has 168 valence electrons. The van der Waals surface area contributed by atoms with Crippen LogP contribution in [0.3, 0.4) is 0 Å². The molecule has 1 amide bonds. The summed E-state index contributed by atoms with van der Waals surface area (Å²) in [6.07, 6.45) is 1.44. The Labute approximate surface area is 195 Å². The molecule has 1 N–H and O–H groups in total. The van der Waals surface area contributed by atoms with Gasteiger partial charge in [0, 0.05) is 4.88 Å². The molecule has 7 nitrogen and oxygen atoms in total. The van der Waals surface area contributed by atoms with Crippen molar-refractivity contribution in [1.29, 1.82) is 5.26 Å². The Morgan fingerprint density at radius 1 is 1.09 bits per heavy atom. The van der Waals surface area contributed by atoms with E-state index in [-0.39, 0.29) is 11.1 Å². The van der Waals surface area contributed by atoms with Gasteiger partial charge in [-0.2, -0.15) is 5.26 Å². The maximum absolute atomic E-state index is 12.7. The van der Waals surface area contributed by atoms with E-state index < -0.39 is 11.9 Å². The molecule has 0 bridgehead atoms. The Hall–Kier alpha value is -4.09. The first kappa shape index (κ1) is 23.6. The number of benzene rings is 2. The molecule has 0 aliphatic rings. The molecule has 0 unspecified atom stereocenters. The minimum atomic E-state index is -0.632. The fourth-order valence-electron chi connectivity index (χ4n) is 2.98. The molecular weight excluding hydrogens is 440 g/mol. The zero-order valence-corrected chi connectivity index (χ0v) is 19.2. The lowest BCUT2D eigenvalue weighted by molar-refractivity contribution is -0.112. The van der Waals surface area contributed by atoms with Crippen LogP contribution >= 0.6 is 11.3 Å². The molecule has 0 atom stereocenters. The Bertz CT molecular complexity index is 1230. The molecule has 1 aromatic heterocycles. The predicted octanol–water partition coefficient (Wildman–Crippen LogP) is 4.98. The standard InChI is InChI=1S/C25H22N2O5S/c1-16-11-20(25(29)31-3)24(33-16)27-23(28)19(14-26)12-18-9-10-21(22(13-18)30-2)32-15-17-7-5-4-6-8-17/h4-13H,15H2,1-3H3,(H,27,28). The van der Waals surface area contributed by atoms with Gasteiger partial charge in [0.1, 0.15) is 23.3 Å². The average molecular weight is 463 g/mol. The highest BCUT2D eigenvalue weighted by molar-refractivity contribution is 7.16. The number of esters is 1. The van der Waals surface area contributed by atoms with Crippen LogP contribution < -0.4 is 14.8 Å². The summed E-state index contributed by atoms with van der Waals surface area (Å²) in [5, 5.41) is 12.5. The largest absolute Gasteiger partial charge is 0.493 e. The van der Waals surface area contributed by atoms with Gasteiger partial charge in [-0.15, -0.1) is 11.3 Å². The van der Waals surface area contributed by atoms with Gasteiger partial charge in [0.2, 0.25) is 0 Å². The highest BCUT2D eigenvalue weighted by Crippen LogP contribution is 2.31. The van der Waals surface area contributed by atoms with Crippen LogP contribution in [0.1, 0.15) is 26.4 Å². The lowest BCUT2D eigenvalue weighted by Crippen LogP contribution is -2.15. The number of ether oxygens (including phenoxy) is 3. The first-order valence-corrected chi connectivity index (χ1v) is 10.7. The van der Waals surface area contributed by atoms with E-state index in [4.69, 9.17) is 14.2 Å². The van der Waals surface area contributed by atoms with Crippen molar-refractivity contribution >= 4 is 34.3 Å². The SMILES string of the molecule is COC(=O)c1cc(C)sc1NC(=O)C(C#N)=Cc1ccc(OCc2ccccc2)c(OC)c1. The zero-order valence-electron chi connectivity index (χ0n) is 18.4. The lowest BCUT2D eigenvalue weighted by atomic mass is 10.1. The van der Waals surface area contributed by atoms with Crippen molar-refractivity contribution in [1.82, 2.24) is 0 Å². The molecule has 0 radical (unpaired) electrons. The second-order valence-corrected chi connectivity index (χ2v) is 8.16. The van der Waals surface area contributed by atoms with E-state index in [1.54, 1.807) is 24.3 Å². The van der Waals surface area contributed by atoms with Crippen LogP contribution in [0.25, 0.3) is 6.08 Å². The maximum atomic E-state index is 12.7. The Kier molecular flexibility index (Phi) is 7.84. The summed E-state index contributed by atoms with van der Waals surface area (Å²) in [6.45, 7) is 2.18. The summed E-state index contributed by atoms with van der Waals surface area (Å²) in [5.41, 5.74) is 1.72. The predicted molar refractivity (Wildman–Crippen MR) is 126 cm³/mol. The Balaban J connectivity index is 1.78. The topological polar surface area (TPSA) is 97.7 Å². The lowest BCUT2D eigenvalue weighted by Gasteiger charge is -2.11. The summed E-state index contributed by atoms with van der Waals surface area (Å²) in [7, 11) is 2.78. The molecule has 0 saturated heterocycles. The van der Waals surface area contributed by atoms with Crippen LogP contribution in [-0.4, -0.2) is 26.1 Å². The van der Waals surface area contributed by atoms with E-state index >= 15 is 0 Å². The van der Waals surface area contributed by atoms with E-state index in [1.807, 2.05) is 43.3 Å². The molecule has 0 spiro atoms. The van der Waals surface area contributed by atoms with Gasteiger partial charge in [-0.1, -0.05) is 36.4 Å². The molecule has 3 rings (SSSR count). The van der Waals surface area contributed by atoms with Crippen LogP contribution in [-0.2, 0) is 16.1 Å². The van der Waals surface area contributed by atoms with Crippen molar-refractivity contribution in [3.8, 4) is 17.6 Å². The first-order valence-electron chi connectivity index (χ1n) is 9.91. The summed E-state index contributed by atoms with van der Waals surface area (Å²) in [5.74, 6) is -0.182. The van der Waals surface area contributed by atoms with Crippen LogP contribution in [0.5, 0.6) is 11.5 Å². The zero-order chi connectivity index (χ0) is 23.8. The Morgan fingerprint density at radius 3 is 2.52 bits per heavy atom. The van der Waals surface area contributed by atoms with Crippen LogP contribution in [0.2, 0.25) is 0 Å². The number of methoxy groups -OCH3 is 2. The molecule has 0 aliphatic carbocycles. The molecule has 1 heterocycles. The fourth-order valence-corrected chi connectivity index (χ4v) is 3.88. The molecule has 2 aromatic carbocycles. The van der Waals surface area contributed by atoms with Crippen LogP contribution in [0, 0.1) is 18.3 Å². The van der Waals surface area contributed by atoms with Gasteiger partial charge >= 0.3 is 5.97 Å². The number of rotatable bonds is 8. The van der Waals surface area contributed by atoms with Gasteiger partial charge in [-0.25, -0.2) is 4.79 Å². The van der Waals surface area contributed by atoms with Gasteiger partial charge in [-0.3, -0.25) is 4.79 Å². The number of nitrogens with zero attached hydrogens (tertiary/aromatic N) is 1. The van der Waals surface area contributed by atoms with E-state index in [1.165, 1.54) is 31.6 Å². The number of nitrogens with one attached hydrogen (secondary N) is 1. The minimum Gasteiger partial charge on any atom is -0.493 e. The third-order valence-corrected chi connectivity index (χ3v) is 5.55. The molecule has 3 aromatic rings. The number of carbonyl (C=O) groups is 2. The number of aryl methyl sites for hydroxylation is 1. The second-order valence-electron chi connectivity index (χ2n) is 6.90. The average Bonchev–Trinajstić information content (AvgIpc) is 3.21. The quantitative estimate of drug-likeness (QED) is 0.288. The molecular formula is C25H22N2O5S. The van der Waals surface area contributed by atoms with Crippen molar-refractivity contribution in [3.05, 3.63) is 81.7 Å². The number of anilines is 1. The monoisotopic (exact) mass is 462 g/mol. The minimum absolute atomic E-state index is 0.128. The van der Waals surface area contributed by atoms with Crippen LogP contribution in [0.4, 0.5) is 5.00 Å². The number of amides is 1. The van der Waals surface area contributed by atoms with Gasteiger partial charge in [0.25, 0.3) is 5.91 Å². The number of thiophene rings is 1. The molecule has 8 heteroatoms. The normalized spacial score (nSPS) is 10.8. The number of nitriles is 1. The number of hydrogen-bond acceptors (Lipinski definition) is 7. The second kappa shape index (κ2) is 11.0. The molecule has 0 aliphatic heterocycles. The van der Waals surface area contributed by atoms with Crippen molar-refractivity contribution in [2.45, 2.75) is 13.5 Å². The van der Waals surface area contributed by atoms with Crippen molar-refractivity contribution in [2.24, 2.45) is 0 Å². The molecule has 33 heavy (non-hydrogen) atoms. The Morgan fingerprint density at radius 2 is 1.85 bits per heavy atom. The number of carbonyl (C=O) groups excluding carboxylic acids is 2. The van der Waals surface area contributed by atoms with Crippen molar-refractivity contribution in [2.75, 3.05) is 19.5 Å². The smallest absolute Gasteiger partial charge is 0.340 e. The molecule has 0 saturated carbocycles. The van der Waals surface area contributed by atoms with Gasteiger partial charge in [0.05, 0.1) is 19.8 Å². The number of hydrogen-bond donors (Lipinski definition) is 1. The highest BCUT2D eigenvalue weighted by atomic mass is 32.1. The maximum Gasteiger partial charge on any atom is 0.340 e. The third kappa shape index (κ3) is 5.99. The van der Waals surface area contributed by atoms with E-state index in [9.17, 15) is 14.9 Å². The summed E-state index contributed by atoms with van der Waals surface area (Å²) in [6, 6.07) is 18.4. The van der Waals surface area contributed by atoms with Crippen LogP contribution in [0.15, 0.2) is 60.2 Å². The fraction of sp³-hybridized carbons (Fsp3) is 0.160. The van der Waals surface area contributed by atoms with E-state index in [0.717, 1.165) is 10.4 Å². The van der Waals surface area contributed by atoms with Gasteiger partial charge in [0.15, 0.2) is 11.5 Å².